The fourth-order valence-electron chi connectivity index (χ4n) is 6.36. The zero-order chi connectivity index (χ0) is 16.9. The van der Waals surface area contributed by atoms with Gasteiger partial charge in [0.25, 0.3) is 5.69 Å². The van der Waals surface area contributed by atoms with Gasteiger partial charge in [-0.05, 0) is 66.8 Å². The molecule has 5 nitrogen and oxygen atoms in total. The van der Waals surface area contributed by atoms with Crippen LogP contribution >= 0.6 is 0 Å². The molecule has 4 saturated carbocycles. The van der Waals surface area contributed by atoms with E-state index in [2.05, 4.69) is 5.32 Å². The van der Waals surface area contributed by atoms with Crippen LogP contribution in [0.1, 0.15) is 50.5 Å². The topological polar surface area (TPSA) is 72.2 Å². The highest BCUT2D eigenvalue weighted by Crippen LogP contribution is 2.66. The molecule has 1 N–H and O–H groups in total. The van der Waals surface area contributed by atoms with E-state index in [1.807, 2.05) is 12.1 Å². The second-order valence-electron chi connectivity index (χ2n) is 8.40. The van der Waals surface area contributed by atoms with Gasteiger partial charge in [0.1, 0.15) is 0 Å². The van der Waals surface area contributed by atoms with Crippen molar-refractivity contribution in [2.24, 2.45) is 17.3 Å². The Morgan fingerprint density at radius 1 is 1.21 bits per heavy atom. The number of hydrogen-bond donors (Lipinski definition) is 1. The summed E-state index contributed by atoms with van der Waals surface area (Å²) in [5.41, 5.74) is 1.64. The van der Waals surface area contributed by atoms with Crippen molar-refractivity contribution in [3.05, 3.63) is 39.9 Å². The molecular weight excluding hydrogens is 304 g/mol. The predicted molar refractivity (Wildman–Crippen MR) is 90.6 cm³/mol. The van der Waals surface area contributed by atoms with Crippen LogP contribution in [0.5, 0.6) is 0 Å². The number of hydrogen-bond acceptors (Lipinski definition) is 3. The van der Waals surface area contributed by atoms with Crippen LogP contribution in [0.2, 0.25) is 0 Å². The molecule has 4 fully saturated rings. The van der Waals surface area contributed by atoms with Crippen molar-refractivity contribution in [2.45, 2.75) is 50.4 Å². The van der Waals surface area contributed by atoms with Gasteiger partial charge in [0, 0.05) is 25.6 Å². The number of nitro groups is 1. The van der Waals surface area contributed by atoms with E-state index in [1.165, 1.54) is 37.7 Å². The van der Waals surface area contributed by atoms with Gasteiger partial charge in [0.15, 0.2) is 0 Å². The van der Waals surface area contributed by atoms with Gasteiger partial charge in [-0.3, -0.25) is 14.9 Å². The van der Waals surface area contributed by atoms with Gasteiger partial charge in [-0.2, -0.15) is 0 Å². The Hall–Kier alpha value is -1.91. The number of nitro benzene ring substituents is 1. The predicted octanol–water partition coefficient (Wildman–Crippen LogP) is 3.57. The number of nitrogens with zero attached hydrogens (tertiary/aromatic N) is 1. The minimum atomic E-state index is -0.337. The zero-order valence-electron chi connectivity index (χ0n) is 14.1. The van der Waals surface area contributed by atoms with E-state index in [1.54, 1.807) is 19.2 Å². The van der Waals surface area contributed by atoms with E-state index in [0.717, 1.165) is 6.42 Å². The molecule has 0 spiro atoms. The first kappa shape index (κ1) is 15.6. The fourth-order valence-corrected chi connectivity index (χ4v) is 6.36. The normalized spacial score (nSPS) is 36.5. The molecule has 128 valence electrons. The molecule has 0 saturated heterocycles. The molecule has 4 aliphatic rings. The van der Waals surface area contributed by atoms with Gasteiger partial charge < -0.3 is 5.32 Å². The summed E-state index contributed by atoms with van der Waals surface area (Å²) in [5, 5.41) is 13.7. The molecule has 5 heteroatoms. The minimum absolute atomic E-state index is 0.118. The Labute approximate surface area is 142 Å². The average Bonchev–Trinajstić information content (AvgIpc) is 2.53. The highest BCUT2D eigenvalue weighted by molar-refractivity contribution is 5.76. The molecule has 1 aromatic rings. The van der Waals surface area contributed by atoms with Crippen LogP contribution in [0.15, 0.2) is 24.3 Å². The van der Waals surface area contributed by atoms with Crippen LogP contribution in [-0.2, 0) is 10.2 Å². The lowest BCUT2D eigenvalue weighted by Gasteiger charge is -2.62. The lowest BCUT2D eigenvalue weighted by atomic mass is 9.42. The molecule has 4 bridgehead atoms. The summed E-state index contributed by atoms with van der Waals surface area (Å²) in [5.74, 6) is 1.55. The lowest BCUT2D eigenvalue weighted by Crippen LogP contribution is -2.55. The first-order valence-electron chi connectivity index (χ1n) is 8.89. The SMILES string of the molecule is CNC(=O)CC12CC3CC(C1)CC(c1ccc([N+](=O)[O-])cc1)(C3)C2. The molecule has 2 atom stereocenters. The zero-order valence-corrected chi connectivity index (χ0v) is 14.1. The van der Waals surface area contributed by atoms with Crippen molar-refractivity contribution in [1.82, 2.24) is 5.32 Å². The Balaban J connectivity index is 1.67. The number of nitrogens with one attached hydrogen (secondary N) is 1. The molecule has 0 aliphatic heterocycles. The third-order valence-electron chi connectivity index (χ3n) is 6.69. The first-order valence-corrected chi connectivity index (χ1v) is 8.89. The lowest BCUT2D eigenvalue weighted by molar-refractivity contribution is -0.384. The minimum Gasteiger partial charge on any atom is -0.359 e. The second kappa shape index (κ2) is 5.30. The first-order chi connectivity index (χ1) is 11.4. The van der Waals surface area contributed by atoms with Gasteiger partial charge in [-0.1, -0.05) is 12.1 Å². The standard InChI is InChI=1S/C19H24N2O3/c1-20-17(22)11-18-7-13-6-14(8-18)10-19(9-13,12-18)15-2-4-16(5-3-15)21(23)24/h2-5,13-14H,6-12H2,1H3,(H,20,22). The van der Waals surface area contributed by atoms with Crippen molar-refractivity contribution in [3.63, 3.8) is 0 Å². The molecule has 1 amide bonds. The summed E-state index contributed by atoms with van der Waals surface area (Å²) in [4.78, 5) is 22.7. The number of non-ortho nitro benzene ring substituents is 1. The molecular formula is C19H24N2O3. The molecule has 5 rings (SSSR count). The third-order valence-corrected chi connectivity index (χ3v) is 6.69. The van der Waals surface area contributed by atoms with Crippen molar-refractivity contribution < 1.29 is 9.72 Å². The molecule has 2 unspecified atom stereocenters. The fraction of sp³-hybridized carbons (Fsp3) is 0.632. The molecule has 0 aromatic heterocycles. The van der Waals surface area contributed by atoms with E-state index in [-0.39, 0.29) is 27.3 Å². The van der Waals surface area contributed by atoms with Gasteiger partial charge in [0.05, 0.1) is 4.92 Å². The molecule has 24 heavy (non-hydrogen) atoms. The average molecular weight is 328 g/mol. The van der Waals surface area contributed by atoms with Gasteiger partial charge in [-0.25, -0.2) is 0 Å². The number of rotatable bonds is 4. The van der Waals surface area contributed by atoms with Crippen LogP contribution in [-0.4, -0.2) is 17.9 Å². The maximum absolute atomic E-state index is 12.1. The summed E-state index contributed by atoms with van der Waals surface area (Å²) >= 11 is 0. The van der Waals surface area contributed by atoms with Crippen LogP contribution in [0, 0.1) is 27.4 Å². The van der Waals surface area contributed by atoms with Crippen molar-refractivity contribution in [3.8, 4) is 0 Å². The van der Waals surface area contributed by atoms with Crippen molar-refractivity contribution in [2.75, 3.05) is 7.05 Å². The number of amides is 1. The van der Waals surface area contributed by atoms with E-state index >= 15 is 0 Å². The van der Waals surface area contributed by atoms with Crippen LogP contribution in [0.3, 0.4) is 0 Å². The second-order valence-corrected chi connectivity index (χ2v) is 8.40. The van der Waals surface area contributed by atoms with Crippen molar-refractivity contribution in [1.29, 1.82) is 0 Å². The molecule has 0 heterocycles. The summed E-state index contributed by atoms with van der Waals surface area (Å²) < 4.78 is 0. The van der Waals surface area contributed by atoms with Crippen LogP contribution in [0.25, 0.3) is 0 Å². The Morgan fingerprint density at radius 2 is 1.83 bits per heavy atom. The highest BCUT2D eigenvalue weighted by atomic mass is 16.6. The van der Waals surface area contributed by atoms with Gasteiger partial charge >= 0.3 is 0 Å². The quantitative estimate of drug-likeness (QED) is 0.678. The summed E-state index contributed by atoms with van der Waals surface area (Å²) in [6.07, 6.45) is 7.68. The summed E-state index contributed by atoms with van der Waals surface area (Å²) in [7, 11) is 1.72. The summed E-state index contributed by atoms with van der Waals surface area (Å²) in [6.45, 7) is 0. The third kappa shape index (κ3) is 2.41. The maximum atomic E-state index is 12.1. The highest BCUT2D eigenvalue weighted by Gasteiger charge is 2.58. The number of benzene rings is 1. The smallest absolute Gasteiger partial charge is 0.269 e. The molecule has 1 aromatic carbocycles. The number of carbonyl (C=O) groups excluding carboxylic acids is 1. The Bertz CT molecular complexity index is 668. The van der Waals surface area contributed by atoms with Gasteiger partial charge in [-0.15, -0.1) is 0 Å². The van der Waals surface area contributed by atoms with Crippen molar-refractivity contribution >= 4 is 11.6 Å². The van der Waals surface area contributed by atoms with E-state index in [0.29, 0.717) is 18.3 Å². The Morgan fingerprint density at radius 3 is 2.38 bits per heavy atom. The van der Waals surface area contributed by atoms with E-state index in [4.69, 9.17) is 0 Å². The van der Waals surface area contributed by atoms with Gasteiger partial charge in [0.2, 0.25) is 5.91 Å². The Kier molecular flexibility index (Phi) is 3.44. The largest absolute Gasteiger partial charge is 0.359 e. The van der Waals surface area contributed by atoms with E-state index in [9.17, 15) is 14.9 Å². The molecule has 0 radical (unpaired) electrons. The van der Waals surface area contributed by atoms with Crippen LogP contribution in [0.4, 0.5) is 5.69 Å². The monoisotopic (exact) mass is 328 g/mol. The summed E-state index contributed by atoms with van der Waals surface area (Å²) in [6, 6.07) is 7.19. The number of carbonyl (C=O) groups is 1. The molecule has 4 aliphatic carbocycles. The van der Waals surface area contributed by atoms with E-state index < -0.39 is 0 Å². The maximum Gasteiger partial charge on any atom is 0.269 e. The van der Waals surface area contributed by atoms with Crippen LogP contribution < -0.4 is 5.32 Å².